The van der Waals surface area contributed by atoms with Crippen molar-refractivity contribution in [1.82, 2.24) is 3.97 Å². The van der Waals surface area contributed by atoms with Gasteiger partial charge in [-0.3, -0.25) is 8.77 Å². The Bertz CT molecular complexity index is 1080. The molecule has 2 aromatic carbocycles. The summed E-state index contributed by atoms with van der Waals surface area (Å²) in [6, 6.07) is 8.78. The number of aliphatic carboxylic acids is 1. The van der Waals surface area contributed by atoms with E-state index in [1.54, 1.807) is 34.4 Å². The summed E-state index contributed by atoms with van der Waals surface area (Å²) in [5.74, 6) is 0.124. The van der Waals surface area contributed by atoms with Gasteiger partial charge in [0.25, 0.3) is 0 Å². The van der Waals surface area contributed by atoms with Crippen LogP contribution in [0.3, 0.4) is 0 Å². The smallest absolute Gasteiger partial charge is 0.303 e. The predicted octanol–water partition coefficient (Wildman–Crippen LogP) is 4.21. The minimum Gasteiger partial charge on any atom is -0.493 e. The molecule has 1 unspecified atom stereocenters. The molecule has 0 aliphatic carbocycles. The average molecular weight is 422 g/mol. The van der Waals surface area contributed by atoms with Crippen LogP contribution in [0.25, 0.3) is 10.9 Å². The number of fused-ring (bicyclic) bond motifs is 1. The number of carboxylic acid groups (broad SMARTS) is 1. The number of carbonyl (C=O) groups is 1. The third-order valence-electron chi connectivity index (χ3n) is 4.49. The Kier molecular flexibility index (Phi) is 5.96. The third-order valence-corrected chi connectivity index (χ3v) is 6.21. The number of hydrogen-bond acceptors (Lipinski definition) is 4. The van der Waals surface area contributed by atoms with Gasteiger partial charge in [0.1, 0.15) is 0 Å². The summed E-state index contributed by atoms with van der Waals surface area (Å²) < 4.78 is 25.6. The molecule has 1 atom stereocenters. The molecule has 0 saturated heterocycles. The first-order valence-electron chi connectivity index (χ1n) is 8.52. The fourth-order valence-corrected chi connectivity index (χ4v) is 4.39. The van der Waals surface area contributed by atoms with Gasteiger partial charge in [-0.1, -0.05) is 17.7 Å². The Labute approximate surface area is 170 Å². The van der Waals surface area contributed by atoms with Gasteiger partial charge in [-0.15, -0.1) is 0 Å². The summed E-state index contributed by atoms with van der Waals surface area (Å²) in [6.45, 7) is 1.88. The van der Waals surface area contributed by atoms with Gasteiger partial charge in [0.05, 0.1) is 24.6 Å². The van der Waals surface area contributed by atoms with E-state index in [2.05, 4.69) is 0 Å². The highest BCUT2D eigenvalue weighted by Crippen LogP contribution is 2.36. The Morgan fingerprint density at radius 1 is 1.18 bits per heavy atom. The molecule has 0 aliphatic heterocycles. The number of aryl methyl sites for hydroxylation is 2. The molecule has 8 heteroatoms. The van der Waals surface area contributed by atoms with Crippen molar-refractivity contribution in [2.45, 2.75) is 24.7 Å². The zero-order chi connectivity index (χ0) is 20.4. The molecule has 3 rings (SSSR count). The number of rotatable bonds is 7. The predicted molar refractivity (Wildman–Crippen MR) is 109 cm³/mol. The van der Waals surface area contributed by atoms with Gasteiger partial charge in [0.2, 0.25) is 0 Å². The number of halogens is 1. The summed E-state index contributed by atoms with van der Waals surface area (Å²) in [5, 5.41) is 10.4. The van der Waals surface area contributed by atoms with Gasteiger partial charge in [-0.2, -0.15) is 0 Å². The van der Waals surface area contributed by atoms with Crippen molar-refractivity contribution in [3.05, 3.63) is 52.7 Å². The number of benzene rings is 2. The molecular weight excluding hydrogens is 402 g/mol. The zero-order valence-corrected chi connectivity index (χ0v) is 17.3. The molecule has 1 heterocycles. The number of aromatic nitrogens is 1. The SMILES string of the molecule is COc1cc2c(CCC(=O)O)cn(S(=O)c3ccc(C)c(Cl)c3)c2cc1OC. The van der Waals surface area contributed by atoms with Crippen molar-refractivity contribution < 1.29 is 23.6 Å². The number of hydrogen-bond donors (Lipinski definition) is 1. The van der Waals surface area contributed by atoms with Gasteiger partial charge < -0.3 is 14.6 Å². The maximum Gasteiger partial charge on any atom is 0.303 e. The number of carboxylic acids is 1. The highest BCUT2D eigenvalue weighted by atomic mass is 35.5. The van der Waals surface area contributed by atoms with Gasteiger partial charge in [-0.05, 0) is 42.7 Å². The minimum atomic E-state index is -1.56. The van der Waals surface area contributed by atoms with Crippen LogP contribution in [0.15, 0.2) is 41.4 Å². The van der Waals surface area contributed by atoms with Crippen molar-refractivity contribution in [2.24, 2.45) is 0 Å². The average Bonchev–Trinajstić information content (AvgIpc) is 3.04. The number of methoxy groups -OCH3 is 2. The van der Waals surface area contributed by atoms with E-state index in [9.17, 15) is 9.00 Å². The molecule has 148 valence electrons. The lowest BCUT2D eigenvalue weighted by Crippen LogP contribution is -2.04. The second-order valence-corrected chi connectivity index (χ2v) is 8.03. The standard InChI is InChI=1S/C20H20ClNO5S/c1-12-4-6-14(8-16(12)21)28(25)22-11-13(5-7-20(23)24)15-9-18(26-2)19(27-3)10-17(15)22/h4,6,8-11H,5,7H2,1-3H3,(H,23,24). The van der Waals surface area contributed by atoms with E-state index in [0.29, 0.717) is 33.4 Å². The Morgan fingerprint density at radius 2 is 1.86 bits per heavy atom. The normalized spacial score (nSPS) is 12.1. The molecule has 0 bridgehead atoms. The molecule has 1 aromatic heterocycles. The summed E-state index contributed by atoms with van der Waals surface area (Å²) >= 11 is 6.20. The Morgan fingerprint density at radius 3 is 2.46 bits per heavy atom. The largest absolute Gasteiger partial charge is 0.493 e. The highest BCUT2D eigenvalue weighted by molar-refractivity contribution is 7.83. The van der Waals surface area contributed by atoms with E-state index in [0.717, 1.165) is 16.5 Å². The summed E-state index contributed by atoms with van der Waals surface area (Å²) in [5.41, 5.74) is 2.33. The van der Waals surface area contributed by atoms with E-state index in [1.165, 1.54) is 14.2 Å². The number of nitrogens with zero attached hydrogens (tertiary/aromatic N) is 1. The third kappa shape index (κ3) is 3.86. The first-order chi connectivity index (χ1) is 13.3. The lowest BCUT2D eigenvalue weighted by atomic mass is 10.1. The number of ether oxygens (including phenoxy) is 2. The van der Waals surface area contributed by atoms with Gasteiger partial charge >= 0.3 is 5.97 Å². The van der Waals surface area contributed by atoms with Crippen molar-refractivity contribution in [1.29, 1.82) is 0 Å². The molecule has 0 aliphatic rings. The Balaban J connectivity index is 2.18. The van der Waals surface area contributed by atoms with E-state index >= 15 is 0 Å². The minimum absolute atomic E-state index is 0.0313. The zero-order valence-electron chi connectivity index (χ0n) is 15.7. The van der Waals surface area contributed by atoms with E-state index in [1.807, 2.05) is 13.0 Å². The first kappa shape index (κ1) is 20.2. The van der Waals surface area contributed by atoms with Crippen LogP contribution in [0.5, 0.6) is 11.5 Å². The van der Waals surface area contributed by atoms with Gasteiger partial charge in [-0.25, -0.2) is 4.21 Å². The van der Waals surface area contributed by atoms with Crippen LogP contribution < -0.4 is 9.47 Å². The lowest BCUT2D eigenvalue weighted by molar-refractivity contribution is -0.136. The second kappa shape index (κ2) is 8.24. The molecule has 6 nitrogen and oxygen atoms in total. The van der Waals surface area contributed by atoms with Crippen LogP contribution in [-0.2, 0) is 22.2 Å². The van der Waals surface area contributed by atoms with E-state index in [4.69, 9.17) is 26.2 Å². The van der Waals surface area contributed by atoms with Crippen LogP contribution in [0.2, 0.25) is 5.02 Å². The van der Waals surface area contributed by atoms with Crippen LogP contribution in [0.4, 0.5) is 0 Å². The highest BCUT2D eigenvalue weighted by Gasteiger charge is 2.19. The molecule has 0 saturated carbocycles. The van der Waals surface area contributed by atoms with Crippen molar-refractivity contribution in [3.63, 3.8) is 0 Å². The van der Waals surface area contributed by atoms with Gasteiger partial charge in [0, 0.05) is 29.1 Å². The molecule has 3 aromatic rings. The van der Waals surface area contributed by atoms with Crippen LogP contribution in [0.1, 0.15) is 17.5 Å². The molecule has 28 heavy (non-hydrogen) atoms. The maximum absolute atomic E-state index is 13.3. The molecule has 0 radical (unpaired) electrons. The Hall–Kier alpha value is -2.51. The topological polar surface area (TPSA) is 77.8 Å². The first-order valence-corrected chi connectivity index (χ1v) is 10.00. The maximum atomic E-state index is 13.3. The lowest BCUT2D eigenvalue weighted by Gasteiger charge is -2.10. The molecular formula is C20H20ClNO5S. The second-order valence-electron chi connectivity index (χ2n) is 6.26. The summed E-state index contributed by atoms with van der Waals surface area (Å²) in [4.78, 5) is 11.6. The molecule has 0 amide bonds. The van der Waals surface area contributed by atoms with Gasteiger partial charge in [0.15, 0.2) is 22.5 Å². The van der Waals surface area contributed by atoms with Crippen molar-refractivity contribution >= 4 is 39.5 Å². The fraction of sp³-hybridized carbons (Fsp3) is 0.250. The van der Waals surface area contributed by atoms with E-state index < -0.39 is 17.0 Å². The fourth-order valence-electron chi connectivity index (χ4n) is 2.96. The molecule has 0 spiro atoms. The van der Waals surface area contributed by atoms with Crippen LogP contribution in [0, 0.1) is 6.92 Å². The quantitative estimate of drug-likeness (QED) is 0.618. The van der Waals surface area contributed by atoms with Crippen molar-refractivity contribution in [2.75, 3.05) is 14.2 Å². The summed E-state index contributed by atoms with van der Waals surface area (Å²) in [7, 11) is 1.49. The summed E-state index contributed by atoms with van der Waals surface area (Å²) in [6.07, 6.45) is 1.99. The van der Waals surface area contributed by atoms with E-state index in [-0.39, 0.29) is 6.42 Å². The molecule has 1 N–H and O–H groups in total. The molecule has 0 fully saturated rings. The van der Waals surface area contributed by atoms with Crippen LogP contribution >= 0.6 is 11.6 Å². The van der Waals surface area contributed by atoms with Crippen LogP contribution in [-0.4, -0.2) is 33.5 Å². The van der Waals surface area contributed by atoms with Crippen molar-refractivity contribution in [3.8, 4) is 11.5 Å². The monoisotopic (exact) mass is 421 g/mol.